The molecule has 150 valence electrons. The Bertz CT molecular complexity index is 1470. The predicted octanol–water partition coefficient (Wildman–Crippen LogP) is 3.04. The molecule has 0 radical (unpaired) electrons. The van der Waals surface area contributed by atoms with Gasteiger partial charge in [-0.25, -0.2) is 0 Å². The van der Waals surface area contributed by atoms with Gasteiger partial charge in [0, 0.05) is 42.1 Å². The van der Waals surface area contributed by atoms with Crippen LogP contribution in [0.5, 0.6) is 0 Å². The molecule has 0 saturated carbocycles. The Morgan fingerprint density at radius 2 is 1.80 bits per heavy atom. The summed E-state index contributed by atoms with van der Waals surface area (Å²) in [4.78, 5) is 16.6. The average molecular weight is 433 g/mol. The first kappa shape index (κ1) is 19.2. The van der Waals surface area contributed by atoms with Crippen LogP contribution in [0.4, 0.5) is 5.69 Å². The molecule has 0 atom stereocenters. The maximum Gasteiger partial charge on any atom is 0.271 e. The number of hydrogen-bond donors (Lipinski definition) is 0. The summed E-state index contributed by atoms with van der Waals surface area (Å²) < 4.78 is 5.83. The van der Waals surface area contributed by atoms with Crippen LogP contribution in [0, 0.1) is 0 Å². The van der Waals surface area contributed by atoms with E-state index in [1.165, 1.54) is 15.8 Å². The van der Waals surface area contributed by atoms with Gasteiger partial charge in [0.25, 0.3) is 5.56 Å². The van der Waals surface area contributed by atoms with Crippen LogP contribution in [0.2, 0.25) is 0 Å². The van der Waals surface area contributed by atoms with E-state index in [-0.39, 0.29) is 5.56 Å². The molecule has 0 saturated heterocycles. The molecule has 3 heterocycles. The lowest BCUT2D eigenvalue weighted by Crippen LogP contribution is -2.35. The Hall–Kier alpha value is -2.83. The van der Waals surface area contributed by atoms with Crippen LogP contribution in [0.1, 0.15) is 12.6 Å². The Kier molecular flexibility index (Phi) is 4.76. The van der Waals surface area contributed by atoms with Crippen LogP contribution in [0.15, 0.2) is 70.4 Å². The second kappa shape index (κ2) is 7.45. The molecule has 0 bridgehead atoms. The number of nitrogens with zero attached hydrogens (tertiary/aromatic N) is 3. The highest BCUT2D eigenvalue weighted by Crippen LogP contribution is 2.44. The second-order valence-electron chi connectivity index (χ2n) is 7.27. The third kappa shape index (κ3) is 2.99. The summed E-state index contributed by atoms with van der Waals surface area (Å²) in [5, 5.41) is 2.21. The van der Waals surface area contributed by atoms with Crippen LogP contribution in [0.3, 0.4) is 0 Å². The number of aryl methyl sites for hydroxylation is 1. The average Bonchev–Trinajstić information content (AvgIpc) is 3.26. The monoisotopic (exact) mass is 432 g/mol. The van der Waals surface area contributed by atoms with Gasteiger partial charge >= 0.3 is 0 Å². The highest BCUT2D eigenvalue weighted by atomic mass is 32.2. The van der Waals surface area contributed by atoms with Gasteiger partial charge in [0.1, 0.15) is 21.3 Å². The van der Waals surface area contributed by atoms with E-state index in [1.807, 2.05) is 30.7 Å². The van der Waals surface area contributed by atoms with Crippen molar-refractivity contribution >= 4 is 50.8 Å². The van der Waals surface area contributed by atoms with Gasteiger partial charge in [0.2, 0.25) is 11.2 Å². The lowest BCUT2D eigenvalue weighted by Gasteiger charge is -2.11. The molecule has 0 fully saturated rings. The van der Waals surface area contributed by atoms with Crippen molar-refractivity contribution in [2.24, 2.45) is 7.05 Å². The Balaban J connectivity index is 1.73. The van der Waals surface area contributed by atoms with Crippen molar-refractivity contribution in [1.82, 2.24) is 4.57 Å². The number of pyridine rings is 1. The van der Waals surface area contributed by atoms with E-state index >= 15 is 0 Å². The fourth-order valence-corrected chi connectivity index (χ4v) is 6.36. The highest BCUT2D eigenvalue weighted by molar-refractivity contribution is 8.08. The van der Waals surface area contributed by atoms with Crippen molar-refractivity contribution in [3.63, 3.8) is 0 Å². The Morgan fingerprint density at radius 3 is 2.60 bits per heavy atom. The van der Waals surface area contributed by atoms with E-state index in [2.05, 4.69) is 71.1 Å². The fraction of sp³-hybridized carbons (Fsp3) is 0.167. The lowest BCUT2D eigenvalue weighted by molar-refractivity contribution is -0.646. The van der Waals surface area contributed by atoms with Gasteiger partial charge in [-0.2, -0.15) is 4.57 Å². The molecule has 2 aromatic heterocycles. The number of rotatable bonds is 2. The maximum absolute atomic E-state index is 13.3. The predicted molar refractivity (Wildman–Crippen MR) is 126 cm³/mol. The van der Waals surface area contributed by atoms with Crippen LogP contribution in [0.25, 0.3) is 22.0 Å². The van der Waals surface area contributed by atoms with Crippen molar-refractivity contribution in [1.29, 1.82) is 0 Å². The summed E-state index contributed by atoms with van der Waals surface area (Å²) in [5.41, 5.74) is 3.48. The molecule has 0 aliphatic carbocycles. The summed E-state index contributed by atoms with van der Waals surface area (Å²) in [6.45, 7) is 2.67. The van der Waals surface area contributed by atoms with Gasteiger partial charge in [-0.3, -0.25) is 9.36 Å². The third-order valence-corrected chi connectivity index (χ3v) is 8.04. The van der Waals surface area contributed by atoms with Crippen LogP contribution in [-0.2, 0) is 13.6 Å². The molecule has 6 heteroatoms. The van der Waals surface area contributed by atoms with Crippen LogP contribution in [-0.4, -0.2) is 11.6 Å². The van der Waals surface area contributed by atoms with Gasteiger partial charge in [-0.15, -0.1) is 11.3 Å². The molecule has 1 aliphatic heterocycles. The first-order chi connectivity index (χ1) is 14.6. The standard InChI is InChI=1S/C24H22N3OS2/c1-4-27-21(15-17-14-13-16-9-5-6-10-18(16)25(17)2)30-22(23(27)28)24-26(3)19-11-7-8-12-20(19)29-24/h5-15H,4H2,1-3H3/q+1/b24-22-. The van der Waals surface area contributed by atoms with Gasteiger partial charge < -0.3 is 4.90 Å². The largest absolute Gasteiger partial charge is 0.337 e. The van der Waals surface area contributed by atoms with Crippen molar-refractivity contribution < 1.29 is 4.57 Å². The quantitative estimate of drug-likeness (QED) is 0.456. The normalized spacial score (nSPS) is 15.8. The molecule has 30 heavy (non-hydrogen) atoms. The van der Waals surface area contributed by atoms with E-state index < -0.39 is 0 Å². The number of thioether (sulfide) groups is 1. The summed E-state index contributed by atoms with van der Waals surface area (Å²) in [6.07, 6.45) is 2.12. The van der Waals surface area contributed by atoms with Crippen LogP contribution >= 0.6 is 23.1 Å². The number of anilines is 1. The minimum absolute atomic E-state index is 0.0827. The molecule has 0 N–H and O–H groups in total. The smallest absolute Gasteiger partial charge is 0.271 e. The minimum atomic E-state index is 0.0827. The van der Waals surface area contributed by atoms with E-state index in [9.17, 15) is 4.79 Å². The summed E-state index contributed by atoms with van der Waals surface area (Å²) in [5.74, 6) is 0. The first-order valence-corrected chi connectivity index (χ1v) is 11.6. The molecular formula is C24H22N3OS2+. The fourth-order valence-electron chi connectivity index (χ4n) is 3.90. The van der Waals surface area contributed by atoms with Crippen molar-refractivity contribution in [3.05, 3.63) is 85.9 Å². The topological polar surface area (TPSA) is 29.1 Å². The Morgan fingerprint density at radius 1 is 1.03 bits per heavy atom. The molecule has 5 rings (SSSR count). The first-order valence-electron chi connectivity index (χ1n) is 9.92. The number of fused-ring (bicyclic) bond motifs is 2. The van der Waals surface area contributed by atoms with Crippen molar-refractivity contribution in [2.75, 3.05) is 11.9 Å². The van der Waals surface area contributed by atoms with Gasteiger partial charge in [0.05, 0.1) is 5.69 Å². The molecule has 0 unspecified atom stereocenters. The molecular weight excluding hydrogens is 410 g/mol. The molecule has 0 spiro atoms. The zero-order valence-corrected chi connectivity index (χ0v) is 18.8. The SMILES string of the molecule is CCn1c(=O)/c(=C2/Sc3ccccc3N2C)s/c1=C/c1ccc2ccccc2[n+]1C. The molecule has 4 aromatic rings. The second-order valence-corrected chi connectivity index (χ2v) is 9.33. The summed E-state index contributed by atoms with van der Waals surface area (Å²) in [7, 11) is 4.11. The van der Waals surface area contributed by atoms with Gasteiger partial charge in [-0.05, 0) is 31.2 Å². The van der Waals surface area contributed by atoms with Gasteiger partial charge in [-0.1, -0.05) is 36.0 Å². The zero-order chi connectivity index (χ0) is 20.8. The zero-order valence-electron chi connectivity index (χ0n) is 17.1. The summed E-state index contributed by atoms with van der Waals surface area (Å²) >= 11 is 3.25. The number of para-hydroxylation sites is 2. The van der Waals surface area contributed by atoms with E-state index in [0.29, 0.717) is 6.54 Å². The highest BCUT2D eigenvalue weighted by Gasteiger charge is 2.24. The number of benzene rings is 2. The summed E-state index contributed by atoms with van der Waals surface area (Å²) in [6, 6.07) is 20.9. The van der Waals surface area contributed by atoms with Crippen molar-refractivity contribution in [2.45, 2.75) is 18.4 Å². The molecule has 1 aliphatic rings. The minimum Gasteiger partial charge on any atom is -0.337 e. The molecule has 4 nitrogen and oxygen atoms in total. The molecule has 2 aromatic carbocycles. The van der Waals surface area contributed by atoms with Crippen molar-refractivity contribution in [3.8, 4) is 0 Å². The van der Waals surface area contributed by atoms with E-state index in [4.69, 9.17) is 0 Å². The Labute approximate surface area is 183 Å². The van der Waals surface area contributed by atoms with Crippen LogP contribution < -0.4 is 24.2 Å². The number of thiazole rings is 1. The van der Waals surface area contributed by atoms with E-state index in [1.54, 1.807) is 23.1 Å². The lowest BCUT2D eigenvalue weighted by atomic mass is 10.2. The molecule has 0 amide bonds. The van der Waals surface area contributed by atoms with E-state index in [0.717, 1.165) is 25.6 Å². The number of hydrogen-bond acceptors (Lipinski definition) is 4. The van der Waals surface area contributed by atoms with Gasteiger partial charge in [0.15, 0.2) is 0 Å². The maximum atomic E-state index is 13.3. The number of aromatic nitrogens is 2. The third-order valence-electron chi connectivity index (χ3n) is 5.55.